The summed E-state index contributed by atoms with van der Waals surface area (Å²) < 4.78 is 0.835. The van der Waals surface area contributed by atoms with Crippen molar-refractivity contribution >= 4 is 33.6 Å². The van der Waals surface area contributed by atoms with Crippen molar-refractivity contribution in [1.29, 1.82) is 0 Å². The van der Waals surface area contributed by atoms with Gasteiger partial charge >= 0.3 is 0 Å². The van der Waals surface area contributed by atoms with Gasteiger partial charge in [-0.25, -0.2) is 0 Å². The number of halogens is 1. The summed E-state index contributed by atoms with van der Waals surface area (Å²) in [7, 11) is 0. The zero-order chi connectivity index (χ0) is 10.4. The van der Waals surface area contributed by atoms with E-state index in [1.54, 1.807) is 17.8 Å². The van der Waals surface area contributed by atoms with E-state index in [1.807, 2.05) is 24.5 Å². The molecule has 0 heterocycles. The van der Waals surface area contributed by atoms with E-state index in [2.05, 4.69) is 21.2 Å². The highest BCUT2D eigenvalue weighted by Gasteiger charge is 2.07. The van der Waals surface area contributed by atoms with Gasteiger partial charge in [-0.2, -0.15) is 11.8 Å². The SMILES string of the molecule is CSCCNC(=O)c1ccccc1Br. The molecule has 0 saturated heterocycles. The smallest absolute Gasteiger partial charge is 0.252 e. The fraction of sp³-hybridized carbons (Fsp3) is 0.300. The molecule has 1 aromatic rings. The molecule has 1 amide bonds. The van der Waals surface area contributed by atoms with Crippen molar-refractivity contribution in [2.24, 2.45) is 0 Å². The molecule has 0 aromatic heterocycles. The Morgan fingerprint density at radius 1 is 1.50 bits per heavy atom. The summed E-state index contributed by atoms with van der Waals surface area (Å²) in [6.45, 7) is 0.710. The summed E-state index contributed by atoms with van der Waals surface area (Å²) >= 11 is 5.06. The van der Waals surface area contributed by atoms with Gasteiger partial charge < -0.3 is 5.32 Å². The van der Waals surface area contributed by atoms with Crippen LogP contribution >= 0.6 is 27.7 Å². The lowest BCUT2D eigenvalue weighted by atomic mass is 10.2. The molecule has 0 aliphatic heterocycles. The van der Waals surface area contributed by atoms with Gasteiger partial charge in [0, 0.05) is 16.8 Å². The number of carbonyl (C=O) groups excluding carboxylic acids is 1. The fourth-order valence-electron chi connectivity index (χ4n) is 1.01. The van der Waals surface area contributed by atoms with Crippen LogP contribution in [0.5, 0.6) is 0 Å². The Morgan fingerprint density at radius 2 is 2.21 bits per heavy atom. The van der Waals surface area contributed by atoms with E-state index in [4.69, 9.17) is 0 Å². The van der Waals surface area contributed by atoms with Gasteiger partial charge in [-0.05, 0) is 34.3 Å². The second kappa shape index (κ2) is 6.09. The quantitative estimate of drug-likeness (QED) is 0.855. The monoisotopic (exact) mass is 273 g/mol. The van der Waals surface area contributed by atoms with Crippen molar-refractivity contribution in [3.05, 3.63) is 34.3 Å². The van der Waals surface area contributed by atoms with Crippen LogP contribution < -0.4 is 5.32 Å². The molecule has 1 aromatic carbocycles. The molecule has 0 bridgehead atoms. The van der Waals surface area contributed by atoms with E-state index in [-0.39, 0.29) is 5.91 Å². The molecular weight excluding hydrogens is 262 g/mol. The molecule has 0 atom stereocenters. The van der Waals surface area contributed by atoms with Crippen molar-refractivity contribution in [1.82, 2.24) is 5.32 Å². The molecule has 1 rings (SSSR count). The minimum atomic E-state index is -0.0217. The minimum Gasteiger partial charge on any atom is -0.351 e. The predicted octanol–water partition coefficient (Wildman–Crippen LogP) is 2.54. The normalized spacial score (nSPS) is 9.86. The first kappa shape index (κ1) is 11.6. The van der Waals surface area contributed by atoms with Crippen molar-refractivity contribution in [3.8, 4) is 0 Å². The second-order valence-electron chi connectivity index (χ2n) is 2.73. The van der Waals surface area contributed by atoms with Gasteiger partial charge in [-0.1, -0.05) is 12.1 Å². The number of carbonyl (C=O) groups is 1. The van der Waals surface area contributed by atoms with Gasteiger partial charge in [0.2, 0.25) is 0 Å². The van der Waals surface area contributed by atoms with E-state index in [0.717, 1.165) is 10.2 Å². The zero-order valence-corrected chi connectivity index (χ0v) is 10.3. The van der Waals surface area contributed by atoms with Gasteiger partial charge in [-0.15, -0.1) is 0 Å². The van der Waals surface area contributed by atoms with Crippen LogP contribution in [0.15, 0.2) is 28.7 Å². The number of hydrogen-bond acceptors (Lipinski definition) is 2. The van der Waals surface area contributed by atoms with Crippen LogP contribution in [0, 0.1) is 0 Å². The first-order chi connectivity index (χ1) is 6.75. The van der Waals surface area contributed by atoms with Crippen molar-refractivity contribution in [2.45, 2.75) is 0 Å². The van der Waals surface area contributed by atoms with E-state index < -0.39 is 0 Å². The molecule has 0 aliphatic rings. The van der Waals surface area contributed by atoms with E-state index in [0.29, 0.717) is 12.1 Å². The summed E-state index contributed by atoms with van der Waals surface area (Å²) in [5, 5.41) is 2.85. The van der Waals surface area contributed by atoms with Crippen LogP contribution in [0.2, 0.25) is 0 Å². The maximum atomic E-state index is 11.6. The Labute approximate surface area is 96.6 Å². The summed E-state index contributed by atoms with van der Waals surface area (Å²) in [4.78, 5) is 11.6. The molecule has 0 unspecified atom stereocenters. The van der Waals surface area contributed by atoms with Gasteiger partial charge in [0.1, 0.15) is 0 Å². The average Bonchev–Trinajstić information content (AvgIpc) is 2.18. The molecule has 0 fully saturated rings. The molecule has 0 radical (unpaired) electrons. The lowest BCUT2D eigenvalue weighted by molar-refractivity contribution is 0.0955. The maximum Gasteiger partial charge on any atom is 0.252 e. The van der Waals surface area contributed by atoms with E-state index >= 15 is 0 Å². The van der Waals surface area contributed by atoms with E-state index in [9.17, 15) is 4.79 Å². The highest BCUT2D eigenvalue weighted by molar-refractivity contribution is 9.10. The minimum absolute atomic E-state index is 0.0217. The van der Waals surface area contributed by atoms with Crippen LogP contribution in [-0.2, 0) is 0 Å². The molecule has 0 saturated carbocycles. The second-order valence-corrected chi connectivity index (χ2v) is 4.57. The van der Waals surface area contributed by atoms with Gasteiger partial charge in [0.05, 0.1) is 5.56 Å². The lowest BCUT2D eigenvalue weighted by Gasteiger charge is -2.05. The molecule has 14 heavy (non-hydrogen) atoms. The Balaban J connectivity index is 2.56. The molecular formula is C10H12BrNOS. The van der Waals surface area contributed by atoms with Crippen molar-refractivity contribution in [3.63, 3.8) is 0 Å². The van der Waals surface area contributed by atoms with Crippen LogP contribution in [0.1, 0.15) is 10.4 Å². The van der Waals surface area contributed by atoms with Crippen LogP contribution in [-0.4, -0.2) is 24.5 Å². The highest BCUT2D eigenvalue weighted by atomic mass is 79.9. The van der Waals surface area contributed by atoms with Gasteiger partial charge in [0.15, 0.2) is 0 Å². The predicted molar refractivity (Wildman–Crippen MR) is 64.9 cm³/mol. The fourth-order valence-corrected chi connectivity index (χ4v) is 1.78. The Kier molecular flexibility index (Phi) is 5.04. The third-order valence-corrected chi connectivity index (χ3v) is 3.01. The lowest BCUT2D eigenvalue weighted by Crippen LogP contribution is -2.25. The van der Waals surface area contributed by atoms with Crippen molar-refractivity contribution < 1.29 is 4.79 Å². The number of benzene rings is 1. The Morgan fingerprint density at radius 3 is 2.86 bits per heavy atom. The Bertz CT molecular complexity index is 317. The van der Waals surface area contributed by atoms with Gasteiger partial charge in [0.25, 0.3) is 5.91 Å². The van der Waals surface area contributed by atoms with Crippen LogP contribution in [0.4, 0.5) is 0 Å². The molecule has 0 spiro atoms. The Hall–Kier alpha value is -0.480. The largest absolute Gasteiger partial charge is 0.351 e. The van der Waals surface area contributed by atoms with E-state index in [1.165, 1.54) is 0 Å². The third-order valence-electron chi connectivity index (χ3n) is 1.71. The highest BCUT2D eigenvalue weighted by Crippen LogP contribution is 2.15. The number of rotatable bonds is 4. The standard InChI is InChI=1S/C10H12BrNOS/c1-14-7-6-12-10(13)8-4-2-3-5-9(8)11/h2-5H,6-7H2,1H3,(H,12,13). The molecule has 76 valence electrons. The van der Waals surface area contributed by atoms with Crippen LogP contribution in [0.25, 0.3) is 0 Å². The van der Waals surface area contributed by atoms with Crippen LogP contribution in [0.3, 0.4) is 0 Å². The number of hydrogen-bond donors (Lipinski definition) is 1. The third kappa shape index (κ3) is 3.35. The molecule has 2 nitrogen and oxygen atoms in total. The zero-order valence-electron chi connectivity index (χ0n) is 7.92. The number of amides is 1. The topological polar surface area (TPSA) is 29.1 Å². The number of nitrogens with one attached hydrogen (secondary N) is 1. The molecule has 4 heteroatoms. The molecule has 0 aliphatic carbocycles. The summed E-state index contributed by atoms with van der Waals surface area (Å²) in [6.07, 6.45) is 2.02. The number of thioether (sulfide) groups is 1. The van der Waals surface area contributed by atoms with Crippen molar-refractivity contribution in [2.75, 3.05) is 18.6 Å². The maximum absolute atomic E-state index is 11.6. The first-order valence-corrected chi connectivity index (χ1v) is 6.46. The molecule has 1 N–H and O–H groups in total. The average molecular weight is 274 g/mol. The van der Waals surface area contributed by atoms with Gasteiger partial charge in [-0.3, -0.25) is 4.79 Å². The summed E-state index contributed by atoms with van der Waals surface area (Å²) in [6, 6.07) is 7.42. The summed E-state index contributed by atoms with van der Waals surface area (Å²) in [5.41, 5.74) is 0.689. The summed E-state index contributed by atoms with van der Waals surface area (Å²) in [5.74, 6) is 0.919. The first-order valence-electron chi connectivity index (χ1n) is 4.27.